The number of urea groups is 1. The number of hydrogen-bond donors (Lipinski definition) is 3. The lowest BCUT2D eigenvalue weighted by Crippen LogP contribution is -2.45. The summed E-state index contributed by atoms with van der Waals surface area (Å²) in [5.41, 5.74) is 1.84. The number of amides is 2. The van der Waals surface area contributed by atoms with Crippen molar-refractivity contribution in [3.05, 3.63) is 40.6 Å². The zero-order chi connectivity index (χ0) is 15.6. The highest BCUT2D eigenvalue weighted by Crippen LogP contribution is 2.34. The largest absolute Gasteiger partial charge is 0.507 e. The summed E-state index contributed by atoms with van der Waals surface area (Å²) in [6.07, 6.45) is 0. The maximum absolute atomic E-state index is 12.1. The minimum atomic E-state index is -0.738. The topological polar surface area (TPSA) is 87.7 Å². The molecule has 6 nitrogen and oxygen atoms in total. The minimum Gasteiger partial charge on any atom is -0.507 e. The quantitative estimate of drug-likeness (QED) is 0.742. The van der Waals surface area contributed by atoms with Crippen LogP contribution < -0.4 is 10.6 Å². The molecular formula is C15H18N2O4. The number of aryl methyl sites for hydroxylation is 1. The predicted octanol–water partition coefficient (Wildman–Crippen LogP) is 1.89. The van der Waals surface area contributed by atoms with Gasteiger partial charge in [0.05, 0.1) is 18.2 Å². The normalized spacial score (nSPS) is 18.0. The smallest absolute Gasteiger partial charge is 0.338 e. The van der Waals surface area contributed by atoms with Crippen molar-refractivity contribution in [1.29, 1.82) is 0 Å². The number of phenols is 1. The van der Waals surface area contributed by atoms with Gasteiger partial charge in [0.1, 0.15) is 5.75 Å². The molecule has 0 aromatic heterocycles. The monoisotopic (exact) mass is 290 g/mol. The van der Waals surface area contributed by atoms with E-state index < -0.39 is 18.0 Å². The number of carbonyl (C=O) groups excluding carboxylic acids is 2. The van der Waals surface area contributed by atoms with Crippen LogP contribution in [0.2, 0.25) is 0 Å². The molecule has 112 valence electrons. The van der Waals surface area contributed by atoms with Gasteiger partial charge in [-0.1, -0.05) is 18.2 Å². The molecule has 0 aliphatic carbocycles. The molecule has 2 amide bonds. The molecule has 0 spiro atoms. The number of ether oxygens (including phenoxy) is 1. The molecule has 0 fully saturated rings. The van der Waals surface area contributed by atoms with E-state index >= 15 is 0 Å². The van der Waals surface area contributed by atoms with Crippen molar-refractivity contribution in [1.82, 2.24) is 10.6 Å². The third kappa shape index (κ3) is 2.84. The van der Waals surface area contributed by atoms with Gasteiger partial charge in [0.15, 0.2) is 0 Å². The maximum atomic E-state index is 12.1. The number of phenolic OH excluding ortho intramolecular Hbond substituents is 1. The molecule has 2 rings (SSSR count). The van der Waals surface area contributed by atoms with Gasteiger partial charge in [-0.3, -0.25) is 0 Å². The molecule has 1 atom stereocenters. The lowest BCUT2D eigenvalue weighted by Gasteiger charge is -2.28. The Labute approximate surface area is 122 Å². The van der Waals surface area contributed by atoms with E-state index in [9.17, 15) is 14.7 Å². The van der Waals surface area contributed by atoms with Crippen LogP contribution in [0.3, 0.4) is 0 Å². The second kappa shape index (κ2) is 5.87. The van der Waals surface area contributed by atoms with Crippen LogP contribution in [-0.2, 0) is 9.53 Å². The average Bonchev–Trinajstić information content (AvgIpc) is 2.41. The number of rotatable bonds is 3. The van der Waals surface area contributed by atoms with E-state index in [1.54, 1.807) is 39.0 Å². The highest BCUT2D eigenvalue weighted by Gasteiger charge is 2.33. The predicted molar refractivity (Wildman–Crippen MR) is 76.6 cm³/mol. The summed E-state index contributed by atoms with van der Waals surface area (Å²) < 4.78 is 5.04. The van der Waals surface area contributed by atoms with Crippen molar-refractivity contribution in [3.8, 4) is 5.75 Å². The highest BCUT2D eigenvalue weighted by atomic mass is 16.5. The molecular weight excluding hydrogens is 272 g/mol. The maximum Gasteiger partial charge on any atom is 0.338 e. The van der Waals surface area contributed by atoms with Gasteiger partial charge in [-0.15, -0.1) is 0 Å². The summed E-state index contributed by atoms with van der Waals surface area (Å²) in [5.74, 6) is -0.465. The summed E-state index contributed by atoms with van der Waals surface area (Å²) in [5, 5.41) is 15.4. The second-order valence-corrected chi connectivity index (χ2v) is 4.80. The Morgan fingerprint density at radius 3 is 2.76 bits per heavy atom. The van der Waals surface area contributed by atoms with Gasteiger partial charge >= 0.3 is 12.0 Å². The average molecular weight is 290 g/mol. The Hall–Kier alpha value is -2.50. The van der Waals surface area contributed by atoms with Crippen molar-refractivity contribution in [2.75, 3.05) is 6.61 Å². The number of benzene rings is 1. The Kier molecular flexibility index (Phi) is 4.16. The molecule has 1 aliphatic rings. The zero-order valence-electron chi connectivity index (χ0n) is 12.2. The van der Waals surface area contributed by atoms with Crippen molar-refractivity contribution >= 4 is 12.0 Å². The van der Waals surface area contributed by atoms with Gasteiger partial charge < -0.3 is 20.5 Å². The van der Waals surface area contributed by atoms with E-state index in [-0.39, 0.29) is 17.9 Å². The molecule has 6 heteroatoms. The van der Waals surface area contributed by atoms with Crippen LogP contribution in [0.15, 0.2) is 29.5 Å². The van der Waals surface area contributed by atoms with Crippen molar-refractivity contribution < 1.29 is 19.4 Å². The first-order valence-electron chi connectivity index (χ1n) is 6.69. The number of nitrogens with one attached hydrogen (secondary N) is 2. The molecule has 0 bridgehead atoms. The molecule has 0 radical (unpaired) electrons. The molecule has 0 saturated heterocycles. The molecule has 1 heterocycles. The molecule has 1 aliphatic heterocycles. The number of aromatic hydroxyl groups is 1. The van der Waals surface area contributed by atoms with Gasteiger partial charge in [-0.05, 0) is 26.3 Å². The van der Waals surface area contributed by atoms with Crippen LogP contribution in [-0.4, -0.2) is 23.7 Å². The standard InChI is InChI=1S/C15H18N2O4/c1-4-21-14(19)11-9(3)16-15(20)17-12(11)10-7-5-6-8(2)13(10)18/h5-7,12,18H,4H2,1-3H3,(H2,16,17,20). The van der Waals surface area contributed by atoms with Crippen LogP contribution in [0.4, 0.5) is 4.79 Å². The lowest BCUT2D eigenvalue weighted by molar-refractivity contribution is -0.139. The number of esters is 1. The summed E-state index contributed by atoms with van der Waals surface area (Å²) in [7, 11) is 0. The first-order valence-corrected chi connectivity index (χ1v) is 6.69. The second-order valence-electron chi connectivity index (χ2n) is 4.80. The number of hydrogen-bond acceptors (Lipinski definition) is 4. The van der Waals surface area contributed by atoms with E-state index in [0.717, 1.165) is 0 Å². The van der Waals surface area contributed by atoms with Crippen LogP contribution in [0.1, 0.15) is 31.0 Å². The van der Waals surface area contributed by atoms with Crippen molar-refractivity contribution in [2.24, 2.45) is 0 Å². The van der Waals surface area contributed by atoms with Gasteiger partial charge in [0.25, 0.3) is 0 Å². The third-order valence-electron chi connectivity index (χ3n) is 3.34. The van der Waals surface area contributed by atoms with E-state index in [4.69, 9.17) is 4.74 Å². The van der Waals surface area contributed by atoms with E-state index in [1.165, 1.54) is 0 Å². The van der Waals surface area contributed by atoms with E-state index in [0.29, 0.717) is 16.8 Å². The number of carbonyl (C=O) groups is 2. The number of allylic oxidation sites excluding steroid dienone is 1. The molecule has 3 N–H and O–H groups in total. The lowest BCUT2D eigenvalue weighted by atomic mass is 9.93. The SMILES string of the molecule is CCOC(=O)C1=C(C)NC(=O)NC1c1cccc(C)c1O. The fraction of sp³-hybridized carbons (Fsp3) is 0.333. The van der Waals surface area contributed by atoms with Gasteiger partial charge in [-0.2, -0.15) is 0 Å². The highest BCUT2D eigenvalue weighted by molar-refractivity contribution is 5.95. The van der Waals surface area contributed by atoms with Crippen LogP contribution in [0.5, 0.6) is 5.75 Å². The van der Waals surface area contributed by atoms with Crippen molar-refractivity contribution in [2.45, 2.75) is 26.8 Å². The summed E-state index contributed by atoms with van der Waals surface area (Å²) in [4.78, 5) is 23.8. The summed E-state index contributed by atoms with van der Waals surface area (Å²) in [6, 6.07) is 4.02. The van der Waals surface area contributed by atoms with Crippen LogP contribution in [0.25, 0.3) is 0 Å². The van der Waals surface area contributed by atoms with Gasteiger partial charge in [0, 0.05) is 11.3 Å². The summed E-state index contributed by atoms with van der Waals surface area (Å²) in [6.45, 7) is 5.32. The Bertz CT molecular complexity index is 622. The Morgan fingerprint density at radius 2 is 2.10 bits per heavy atom. The van der Waals surface area contributed by atoms with Gasteiger partial charge in [-0.25, -0.2) is 9.59 Å². The fourth-order valence-electron chi connectivity index (χ4n) is 2.32. The minimum absolute atomic E-state index is 0.0549. The first-order chi connectivity index (χ1) is 9.95. The first kappa shape index (κ1) is 14.9. The Morgan fingerprint density at radius 1 is 1.38 bits per heavy atom. The zero-order valence-corrected chi connectivity index (χ0v) is 12.2. The molecule has 0 saturated carbocycles. The molecule has 1 unspecified atom stereocenters. The van der Waals surface area contributed by atoms with E-state index in [1.807, 2.05) is 0 Å². The van der Waals surface area contributed by atoms with Crippen LogP contribution >= 0.6 is 0 Å². The molecule has 21 heavy (non-hydrogen) atoms. The molecule has 1 aromatic carbocycles. The summed E-state index contributed by atoms with van der Waals surface area (Å²) >= 11 is 0. The Balaban J connectivity index is 2.52. The number of para-hydroxylation sites is 1. The fourth-order valence-corrected chi connectivity index (χ4v) is 2.32. The van der Waals surface area contributed by atoms with Gasteiger partial charge in [0.2, 0.25) is 0 Å². The van der Waals surface area contributed by atoms with Crippen LogP contribution in [0, 0.1) is 6.92 Å². The van der Waals surface area contributed by atoms with E-state index in [2.05, 4.69) is 10.6 Å². The molecule has 1 aromatic rings. The van der Waals surface area contributed by atoms with Crippen molar-refractivity contribution in [3.63, 3.8) is 0 Å². The third-order valence-corrected chi connectivity index (χ3v) is 3.34.